The summed E-state index contributed by atoms with van der Waals surface area (Å²) in [5.41, 5.74) is 6.26. The monoisotopic (exact) mass is 318 g/mol. The normalized spacial score (nSPS) is 18.7. The number of phenols is 1. The molecule has 0 radical (unpaired) electrons. The highest BCUT2D eigenvalue weighted by Gasteiger charge is 2.24. The lowest BCUT2D eigenvalue weighted by Crippen LogP contribution is -2.14. The van der Waals surface area contributed by atoms with Crippen molar-refractivity contribution in [3.05, 3.63) is 82.9 Å². The van der Waals surface area contributed by atoms with Crippen molar-refractivity contribution in [3.63, 3.8) is 0 Å². The van der Waals surface area contributed by atoms with Crippen molar-refractivity contribution in [3.8, 4) is 5.75 Å². The van der Waals surface area contributed by atoms with E-state index < -0.39 is 6.29 Å². The van der Waals surface area contributed by atoms with Crippen LogP contribution in [0.15, 0.2) is 60.7 Å². The molecule has 1 unspecified atom stereocenters. The van der Waals surface area contributed by atoms with E-state index in [1.165, 1.54) is 5.57 Å². The summed E-state index contributed by atoms with van der Waals surface area (Å²) in [4.78, 5) is 0. The maximum absolute atomic E-state index is 10.0. The number of aromatic hydroxyl groups is 1. The van der Waals surface area contributed by atoms with Gasteiger partial charge in [-0.3, -0.25) is 0 Å². The number of hydrogen-bond acceptors (Lipinski definition) is 3. The average Bonchev–Trinajstić information content (AvgIpc) is 3.21. The summed E-state index contributed by atoms with van der Waals surface area (Å²) in [6, 6.07) is 13.4. The zero-order chi connectivity index (χ0) is 16.7. The van der Waals surface area contributed by atoms with Gasteiger partial charge in [0.05, 0.1) is 5.92 Å². The second-order valence-electron chi connectivity index (χ2n) is 6.22. The molecule has 2 aliphatic carbocycles. The molecule has 0 fully saturated rings. The van der Waals surface area contributed by atoms with Gasteiger partial charge in [-0.25, -0.2) is 0 Å². The van der Waals surface area contributed by atoms with E-state index >= 15 is 0 Å². The highest BCUT2D eigenvalue weighted by Crippen LogP contribution is 2.39. The Morgan fingerprint density at radius 2 is 1.75 bits per heavy atom. The summed E-state index contributed by atoms with van der Waals surface area (Å²) in [7, 11) is 0. The molecule has 1 atom stereocenters. The van der Waals surface area contributed by atoms with Crippen LogP contribution in [0, 0.1) is 0 Å². The summed E-state index contributed by atoms with van der Waals surface area (Å²) in [6.45, 7) is 0. The first kappa shape index (κ1) is 14.9. The molecule has 120 valence electrons. The van der Waals surface area contributed by atoms with Gasteiger partial charge < -0.3 is 15.3 Å². The van der Waals surface area contributed by atoms with E-state index in [0.717, 1.165) is 34.2 Å². The van der Waals surface area contributed by atoms with Gasteiger partial charge in [0.25, 0.3) is 0 Å². The van der Waals surface area contributed by atoms with Crippen molar-refractivity contribution >= 4 is 17.2 Å². The van der Waals surface area contributed by atoms with E-state index in [2.05, 4.69) is 12.1 Å². The zero-order valence-corrected chi connectivity index (χ0v) is 13.1. The zero-order valence-electron chi connectivity index (χ0n) is 13.1. The van der Waals surface area contributed by atoms with E-state index in [0.29, 0.717) is 5.75 Å². The van der Waals surface area contributed by atoms with Gasteiger partial charge in [0.2, 0.25) is 0 Å². The van der Waals surface area contributed by atoms with Gasteiger partial charge in [-0.2, -0.15) is 0 Å². The summed E-state index contributed by atoms with van der Waals surface area (Å²) in [5, 5.41) is 28.9. The molecule has 0 heterocycles. The van der Waals surface area contributed by atoms with Crippen LogP contribution in [0.3, 0.4) is 0 Å². The Labute approximate surface area is 140 Å². The van der Waals surface area contributed by atoms with Crippen LogP contribution >= 0.6 is 0 Å². The third kappa shape index (κ3) is 2.48. The average molecular weight is 318 g/mol. The van der Waals surface area contributed by atoms with Crippen LogP contribution in [0.5, 0.6) is 5.75 Å². The Morgan fingerprint density at radius 3 is 2.54 bits per heavy atom. The fourth-order valence-corrected chi connectivity index (χ4v) is 3.45. The lowest BCUT2D eigenvalue weighted by molar-refractivity contribution is -0.0490. The second kappa shape index (κ2) is 5.78. The third-order valence-electron chi connectivity index (χ3n) is 4.74. The fourth-order valence-electron chi connectivity index (χ4n) is 3.45. The molecule has 0 aliphatic heterocycles. The molecule has 2 aromatic rings. The second-order valence-corrected chi connectivity index (χ2v) is 6.22. The SMILES string of the molecule is Oc1ccccc1C1=CC=C(c2ccc3c(c2)C=CC3C(O)O)C1. The van der Waals surface area contributed by atoms with Crippen LogP contribution < -0.4 is 0 Å². The van der Waals surface area contributed by atoms with Gasteiger partial charge in [0, 0.05) is 5.56 Å². The lowest BCUT2D eigenvalue weighted by Gasteiger charge is -2.14. The predicted molar refractivity (Wildman–Crippen MR) is 95.1 cm³/mol. The van der Waals surface area contributed by atoms with Crippen LogP contribution in [-0.2, 0) is 0 Å². The van der Waals surface area contributed by atoms with Gasteiger partial charge in [-0.1, -0.05) is 54.6 Å². The quantitative estimate of drug-likeness (QED) is 0.757. The molecule has 0 aromatic heterocycles. The Hall–Kier alpha value is -2.62. The maximum atomic E-state index is 10.0. The van der Waals surface area contributed by atoms with E-state index in [4.69, 9.17) is 0 Å². The predicted octanol–water partition coefficient (Wildman–Crippen LogP) is 3.68. The largest absolute Gasteiger partial charge is 0.507 e. The van der Waals surface area contributed by atoms with E-state index in [-0.39, 0.29) is 5.92 Å². The molecule has 0 saturated heterocycles. The summed E-state index contributed by atoms with van der Waals surface area (Å²) in [6.07, 6.45) is 7.30. The number of fused-ring (bicyclic) bond motifs is 1. The lowest BCUT2D eigenvalue weighted by atomic mass is 9.94. The van der Waals surface area contributed by atoms with Crippen molar-refractivity contribution in [2.24, 2.45) is 0 Å². The Morgan fingerprint density at radius 1 is 0.958 bits per heavy atom. The van der Waals surface area contributed by atoms with Crippen molar-refractivity contribution in [2.45, 2.75) is 18.6 Å². The number of aliphatic hydroxyl groups is 2. The molecule has 4 rings (SSSR count). The number of hydrogen-bond donors (Lipinski definition) is 3. The summed E-state index contributed by atoms with van der Waals surface area (Å²) in [5.74, 6) is -0.0448. The molecular formula is C21H18O3. The van der Waals surface area contributed by atoms with Crippen LogP contribution in [0.1, 0.15) is 34.6 Å². The van der Waals surface area contributed by atoms with E-state index in [1.807, 2.05) is 48.6 Å². The number of rotatable bonds is 3. The number of allylic oxidation sites excluding steroid dienone is 4. The Bertz CT molecular complexity index is 888. The minimum absolute atomic E-state index is 0.301. The number of benzene rings is 2. The highest BCUT2D eigenvalue weighted by molar-refractivity contribution is 5.88. The molecule has 0 saturated carbocycles. The molecule has 0 bridgehead atoms. The number of phenolic OH excluding ortho intramolecular Hbond substituents is 1. The Kier molecular flexibility index (Phi) is 3.60. The van der Waals surface area contributed by atoms with Crippen LogP contribution in [0.4, 0.5) is 0 Å². The molecule has 3 N–H and O–H groups in total. The van der Waals surface area contributed by atoms with Crippen molar-refractivity contribution in [2.75, 3.05) is 0 Å². The van der Waals surface area contributed by atoms with Crippen LogP contribution in [0.2, 0.25) is 0 Å². The standard InChI is InChI=1S/C21H18O3/c22-20-4-2-1-3-18(20)16-6-5-13(12-16)14-7-9-17-15(11-14)8-10-19(17)21(23)24/h1-11,19,21-24H,12H2. The van der Waals surface area contributed by atoms with Gasteiger partial charge in [-0.15, -0.1) is 0 Å². The van der Waals surface area contributed by atoms with Gasteiger partial charge >= 0.3 is 0 Å². The fraction of sp³-hybridized carbons (Fsp3) is 0.143. The topological polar surface area (TPSA) is 60.7 Å². The summed E-state index contributed by atoms with van der Waals surface area (Å²) >= 11 is 0. The maximum Gasteiger partial charge on any atom is 0.161 e. The van der Waals surface area contributed by atoms with Gasteiger partial charge in [0.1, 0.15) is 5.75 Å². The first-order valence-electron chi connectivity index (χ1n) is 8.00. The van der Waals surface area contributed by atoms with Gasteiger partial charge in [0.15, 0.2) is 6.29 Å². The third-order valence-corrected chi connectivity index (χ3v) is 4.74. The van der Waals surface area contributed by atoms with Crippen molar-refractivity contribution in [1.29, 1.82) is 0 Å². The van der Waals surface area contributed by atoms with Crippen molar-refractivity contribution in [1.82, 2.24) is 0 Å². The van der Waals surface area contributed by atoms with Crippen LogP contribution in [-0.4, -0.2) is 21.6 Å². The molecule has 24 heavy (non-hydrogen) atoms. The van der Waals surface area contributed by atoms with Crippen molar-refractivity contribution < 1.29 is 15.3 Å². The van der Waals surface area contributed by atoms with E-state index in [1.54, 1.807) is 6.07 Å². The van der Waals surface area contributed by atoms with Gasteiger partial charge in [-0.05, 0) is 46.4 Å². The molecule has 3 nitrogen and oxygen atoms in total. The van der Waals surface area contributed by atoms with Crippen LogP contribution in [0.25, 0.3) is 17.2 Å². The number of para-hydroxylation sites is 1. The minimum Gasteiger partial charge on any atom is -0.507 e. The smallest absolute Gasteiger partial charge is 0.161 e. The molecule has 2 aliphatic rings. The first-order chi connectivity index (χ1) is 11.6. The summed E-state index contributed by atoms with van der Waals surface area (Å²) < 4.78 is 0. The molecule has 0 amide bonds. The number of aliphatic hydroxyl groups excluding tert-OH is 1. The molecule has 2 aromatic carbocycles. The molecule has 3 heteroatoms. The van der Waals surface area contributed by atoms with E-state index in [9.17, 15) is 15.3 Å². The Balaban J connectivity index is 1.58. The first-order valence-corrected chi connectivity index (χ1v) is 8.00. The molecular weight excluding hydrogens is 300 g/mol. The molecule has 0 spiro atoms. The minimum atomic E-state index is -1.37. The highest BCUT2D eigenvalue weighted by atomic mass is 16.5.